The fraction of sp³-hybridized carbons (Fsp3) is 0.261. The fourth-order valence-corrected chi connectivity index (χ4v) is 5.95. The summed E-state index contributed by atoms with van der Waals surface area (Å²) in [5, 5.41) is 1.71. The van der Waals surface area contributed by atoms with E-state index in [2.05, 4.69) is 4.72 Å². The summed E-state index contributed by atoms with van der Waals surface area (Å²) in [4.78, 5) is 15.1. The summed E-state index contributed by atoms with van der Waals surface area (Å²) in [6.07, 6.45) is 1.73. The van der Waals surface area contributed by atoms with Crippen LogP contribution in [-0.2, 0) is 10.0 Å². The van der Waals surface area contributed by atoms with Crippen molar-refractivity contribution >= 4 is 33.0 Å². The number of carbonyl (C=O) groups excluding carboxylic acids is 1. The van der Waals surface area contributed by atoms with Crippen LogP contribution in [0.4, 0.5) is 5.69 Å². The third-order valence-corrected chi connectivity index (χ3v) is 8.24. The lowest BCUT2D eigenvalue weighted by atomic mass is 10.0. The molecule has 0 saturated carbocycles. The molecule has 1 fully saturated rings. The van der Waals surface area contributed by atoms with Gasteiger partial charge < -0.3 is 14.4 Å². The van der Waals surface area contributed by atoms with Gasteiger partial charge in [-0.1, -0.05) is 6.07 Å². The molecule has 1 aliphatic heterocycles. The van der Waals surface area contributed by atoms with Crippen molar-refractivity contribution in [3.05, 3.63) is 71.1 Å². The third-order valence-electron chi connectivity index (χ3n) is 5.46. The average molecular weight is 473 g/mol. The molecule has 1 unspecified atom stereocenters. The van der Waals surface area contributed by atoms with Gasteiger partial charge in [0.15, 0.2) is 0 Å². The van der Waals surface area contributed by atoms with Crippen molar-refractivity contribution in [2.75, 3.05) is 25.5 Å². The number of hydrogen-bond acceptors (Lipinski definition) is 6. The normalized spacial score (nSPS) is 16.1. The largest absolute Gasteiger partial charge is 0.497 e. The Balaban J connectivity index is 1.53. The number of benzene rings is 2. The second kappa shape index (κ2) is 9.22. The molecule has 32 heavy (non-hydrogen) atoms. The number of methoxy groups -OCH3 is 2. The monoisotopic (exact) mass is 472 g/mol. The predicted octanol–water partition coefficient (Wildman–Crippen LogP) is 4.54. The molecule has 1 saturated heterocycles. The summed E-state index contributed by atoms with van der Waals surface area (Å²) in [7, 11) is -0.420. The zero-order valence-electron chi connectivity index (χ0n) is 17.8. The van der Waals surface area contributed by atoms with E-state index in [4.69, 9.17) is 9.47 Å². The first-order chi connectivity index (χ1) is 15.4. The molecule has 7 nitrogen and oxygen atoms in total. The van der Waals surface area contributed by atoms with E-state index in [0.717, 1.165) is 29.7 Å². The second-order valence-electron chi connectivity index (χ2n) is 7.38. The number of nitrogens with zero attached hydrogens (tertiary/aromatic N) is 1. The van der Waals surface area contributed by atoms with Crippen molar-refractivity contribution in [2.24, 2.45) is 0 Å². The minimum Gasteiger partial charge on any atom is -0.497 e. The van der Waals surface area contributed by atoms with Gasteiger partial charge in [0.25, 0.3) is 15.9 Å². The number of hydrogen-bond donors (Lipinski definition) is 1. The van der Waals surface area contributed by atoms with Gasteiger partial charge in [-0.15, -0.1) is 11.3 Å². The van der Waals surface area contributed by atoms with E-state index in [1.807, 2.05) is 23.1 Å². The first-order valence-corrected chi connectivity index (χ1v) is 12.5. The Kier molecular flexibility index (Phi) is 6.38. The minimum atomic E-state index is -3.63. The zero-order chi connectivity index (χ0) is 22.7. The molecule has 0 aliphatic carbocycles. The molecule has 3 aromatic rings. The molecule has 1 N–H and O–H groups in total. The summed E-state index contributed by atoms with van der Waals surface area (Å²) < 4.78 is 38.4. The second-order valence-corrected chi connectivity index (χ2v) is 10.2. The summed E-state index contributed by atoms with van der Waals surface area (Å²) in [5.41, 5.74) is 1.85. The van der Waals surface area contributed by atoms with Crippen LogP contribution in [0.3, 0.4) is 0 Å². The zero-order valence-corrected chi connectivity index (χ0v) is 19.4. The van der Waals surface area contributed by atoms with E-state index in [1.54, 1.807) is 56.0 Å². The molecule has 1 amide bonds. The maximum Gasteiger partial charge on any atom is 0.271 e. The highest BCUT2D eigenvalue weighted by Gasteiger charge is 2.32. The Morgan fingerprint density at radius 1 is 1.09 bits per heavy atom. The number of sulfonamides is 1. The number of anilines is 1. The van der Waals surface area contributed by atoms with Crippen LogP contribution in [0.2, 0.25) is 0 Å². The number of ether oxygens (including phenoxy) is 2. The van der Waals surface area contributed by atoms with E-state index in [0.29, 0.717) is 29.3 Å². The lowest BCUT2D eigenvalue weighted by molar-refractivity contribution is 0.0734. The molecule has 0 spiro atoms. The Bertz CT molecular complexity index is 1190. The van der Waals surface area contributed by atoms with Gasteiger partial charge in [-0.2, -0.15) is 0 Å². The van der Waals surface area contributed by atoms with Crippen molar-refractivity contribution in [1.29, 1.82) is 0 Å². The first-order valence-electron chi connectivity index (χ1n) is 10.1. The van der Waals surface area contributed by atoms with E-state index in [1.165, 1.54) is 0 Å². The third kappa shape index (κ3) is 4.44. The maximum atomic E-state index is 13.3. The summed E-state index contributed by atoms with van der Waals surface area (Å²) in [6.45, 7) is 0.644. The Hall–Kier alpha value is -3.04. The molecule has 0 radical (unpaired) electrons. The van der Waals surface area contributed by atoms with Gasteiger partial charge in [-0.25, -0.2) is 8.42 Å². The lowest BCUT2D eigenvalue weighted by Gasteiger charge is -2.26. The topological polar surface area (TPSA) is 84.9 Å². The Labute approximate surface area is 191 Å². The van der Waals surface area contributed by atoms with Crippen molar-refractivity contribution in [2.45, 2.75) is 23.1 Å². The molecule has 4 rings (SSSR count). The SMILES string of the molecule is COc1ccc(C2CCCN2C(=O)c2ccc(NS(=O)(=O)c3cccs3)cc2)c(OC)c1. The molecular formula is C23H24N2O5S2. The molecule has 1 aromatic heterocycles. The van der Waals surface area contributed by atoms with Crippen molar-refractivity contribution in [3.8, 4) is 11.5 Å². The van der Waals surface area contributed by atoms with Crippen LogP contribution < -0.4 is 14.2 Å². The summed E-state index contributed by atoms with van der Waals surface area (Å²) in [6, 6.07) is 15.3. The van der Waals surface area contributed by atoms with Crippen LogP contribution >= 0.6 is 11.3 Å². The van der Waals surface area contributed by atoms with Gasteiger partial charge >= 0.3 is 0 Å². The van der Waals surface area contributed by atoms with Crippen LogP contribution in [0, 0.1) is 0 Å². The highest BCUT2D eigenvalue weighted by Crippen LogP contribution is 2.39. The highest BCUT2D eigenvalue weighted by atomic mass is 32.2. The first kappa shape index (κ1) is 22.2. The van der Waals surface area contributed by atoms with Crippen LogP contribution in [-0.4, -0.2) is 40.0 Å². The van der Waals surface area contributed by atoms with E-state index in [-0.39, 0.29) is 16.2 Å². The molecule has 2 heterocycles. The maximum absolute atomic E-state index is 13.3. The van der Waals surface area contributed by atoms with E-state index >= 15 is 0 Å². The number of nitrogens with one attached hydrogen (secondary N) is 1. The van der Waals surface area contributed by atoms with Crippen LogP contribution in [0.25, 0.3) is 0 Å². The van der Waals surface area contributed by atoms with Gasteiger partial charge in [-0.05, 0) is 60.7 Å². The van der Waals surface area contributed by atoms with E-state index in [9.17, 15) is 13.2 Å². The highest BCUT2D eigenvalue weighted by molar-refractivity contribution is 7.94. The van der Waals surface area contributed by atoms with Crippen molar-refractivity contribution < 1.29 is 22.7 Å². The number of amides is 1. The number of thiophene rings is 1. The predicted molar refractivity (Wildman–Crippen MR) is 124 cm³/mol. The fourth-order valence-electron chi connectivity index (χ4n) is 3.90. The quantitative estimate of drug-likeness (QED) is 0.546. The molecule has 0 bridgehead atoms. The lowest BCUT2D eigenvalue weighted by Crippen LogP contribution is -2.30. The van der Waals surface area contributed by atoms with Gasteiger partial charge in [0.05, 0.1) is 20.3 Å². The van der Waals surface area contributed by atoms with Gasteiger partial charge in [0.2, 0.25) is 0 Å². The van der Waals surface area contributed by atoms with Gasteiger partial charge in [0, 0.05) is 29.4 Å². The van der Waals surface area contributed by atoms with E-state index < -0.39 is 10.0 Å². The van der Waals surface area contributed by atoms with Gasteiger partial charge in [-0.3, -0.25) is 9.52 Å². The summed E-state index contributed by atoms with van der Waals surface area (Å²) in [5.74, 6) is 1.28. The van der Waals surface area contributed by atoms with Crippen molar-refractivity contribution in [3.63, 3.8) is 0 Å². The molecule has 1 aliphatic rings. The van der Waals surface area contributed by atoms with Crippen LogP contribution in [0.1, 0.15) is 34.8 Å². The summed E-state index contributed by atoms with van der Waals surface area (Å²) >= 11 is 1.15. The molecular weight excluding hydrogens is 448 g/mol. The van der Waals surface area contributed by atoms with Crippen molar-refractivity contribution in [1.82, 2.24) is 4.90 Å². The average Bonchev–Trinajstić information content (AvgIpc) is 3.51. The number of rotatable bonds is 7. The Morgan fingerprint density at radius 2 is 1.88 bits per heavy atom. The number of carbonyl (C=O) groups is 1. The van der Waals surface area contributed by atoms with Crippen LogP contribution in [0.5, 0.6) is 11.5 Å². The molecule has 1 atom stereocenters. The minimum absolute atomic E-state index is 0.0969. The molecule has 9 heteroatoms. The Morgan fingerprint density at radius 3 is 2.53 bits per heavy atom. The number of likely N-dealkylation sites (tertiary alicyclic amines) is 1. The molecule has 168 valence electrons. The van der Waals surface area contributed by atoms with Gasteiger partial charge in [0.1, 0.15) is 15.7 Å². The smallest absolute Gasteiger partial charge is 0.271 e. The van der Waals surface area contributed by atoms with Crippen LogP contribution in [0.15, 0.2) is 64.2 Å². The molecule has 2 aromatic carbocycles. The standard InChI is InChI=1S/C23H24N2O5S2/c1-29-18-11-12-19(21(15-18)30-2)20-5-3-13-25(20)23(26)16-7-9-17(10-8-16)24-32(27,28)22-6-4-14-31-22/h4,6-12,14-15,20,24H,3,5,13H2,1-2H3.